The summed E-state index contributed by atoms with van der Waals surface area (Å²) in [5.74, 6) is 0. The van der Waals surface area contributed by atoms with Gasteiger partial charge in [0.25, 0.3) is 5.60 Å². The van der Waals surface area contributed by atoms with Crippen LogP contribution in [-0.2, 0) is 15.6 Å². The maximum atomic E-state index is 13.4. The van der Waals surface area contributed by atoms with Crippen LogP contribution in [0.2, 0.25) is 5.02 Å². The Bertz CT molecular complexity index is 1410. The number of sulfonamides is 1. The number of aryl methyl sites for hydroxylation is 1. The minimum Gasteiger partial charge on any atom is -0.393 e. The number of benzene rings is 1. The Hall–Kier alpha value is -1.91. The number of rotatable bonds is 5. The third-order valence-corrected chi connectivity index (χ3v) is 9.28. The highest BCUT2D eigenvalue weighted by molar-refractivity contribution is 7.89. The van der Waals surface area contributed by atoms with Crippen LogP contribution in [0.4, 0.5) is 26.3 Å². The zero-order chi connectivity index (χ0) is 27.6. The second-order valence-electron chi connectivity index (χ2n) is 8.77. The quantitative estimate of drug-likeness (QED) is 0.366. The zero-order valence-electron chi connectivity index (χ0n) is 18.9. The third kappa shape index (κ3) is 4.96. The molecule has 0 radical (unpaired) electrons. The molecular formula is C21H20ClF6N3O4S2. The van der Waals surface area contributed by atoms with Crippen LogP contribution in [0.5, 0.6) is 0 Å². The number of imidazole rings is 1. The number of aromatic nitrogens is 2. The summed E-state index contributed by atoms with van der Waals surface area (Å²) in [5, 5.41) is 19.2. The molecule has 204 valence electrons. The van der Waals surface area contributed by atoms with Crippen LogP contribution in [0.15, 0.2) is 29.3 Å². The van der Waals surface area contributed by atoms with Crippen molar-refractivity contribution in [1.82, 2.24) is 14.1 Å². The first-order chi connectivity index (χ1) is 17.0. The number of aliphatic hydroxyl groups is 2. The van der Waals surface area contributed by atoms with Gasteiger partial charge in [-0.25, -0.2) is 18.1 Å². The molecule has 1 aliphatic carbocycles. The van der Waals surface area contributed by atoms with Crippen molar-refractivity contribution >= 4 is 37.9 Å². The minimum atomic E-state index is -6.06. The van der Waals surface area contributed by atoms with Gasteiger partial charge in [0.1, 0.15) is 4.90 Å². The largest absolute Gasteiger partial charge is 0.431 e. The SMILES string of the molecule is Cc1nc2sc(C(O)(C(F)(F)F)C(F)(F)F)cn2c1-c1ccc(Cl)c(S(=O)(=O)NC2CCC(O)CC2)c1. The van der Waals surface area contributed by atoms with Crippen molar-refractivity contribution in [2.45, 2.75) is 67.6 Å². The third-order valence-electron chi connectivity index (χ3n) is 6.19. The van der Waals surface area contributed by atoms with Crippen LogP contribution in [0.3, 0.4) is 0 Å². The molecule has 0 unspecified atom stereocenters. The van der Waals surface area contributed by atoms with Gasteiger partial charge in [0.2, 0.25) is 10.0 Å². The van der Waals surface area contributed by atoms with Crippen molar-refractivity contribution in [2.24, 2.45) is 0 Å². The fourth-order valence-electron chi connectivity index (χ4n) is 4.24. The number of hydrogen-bond acceptors (Lipinski definition) is 6. The van der Waals surface area contributed by atoms with E-state index in [9.17, 15) is 45.0 Å². The standard InChI is InChI=1S/C21H20ClF6N3O4S2/c1-10-17(31-9-16(36-18(31)29-10)19(33,20(23,24)25)21(26,27)28)11-2-7-14(22)15(8-11)37(34,35)30-12-3-5-13(32)6-4-12/h2,7-9,12-13,30,32-33H,3-6H2,1H3. The molecule has 2 aromatic heterocycles. The lowest BCUT2D eigenvalue weighted by molar-refractivity contribution is -0.375. The summed E-state index contributed by atoms with van der Waals surface area (Å²) < 4.78 is 110. The summed E-state index contributed by atoms with van der Waals surface area (Å²) in [5.41, 5.74) is -4.79. The molecule has 0 amide bonds. The van der Waals surface area contributed by atoms with E-state index in [1.54, 1.807) is 0 Å². The predicted octanol–water partition coefficient (Wildman–Crippen LogP) is 4.92. The normalized spacial score (nSPS) is 20.1. The predicted molar refractivity (Wildman–Crippen MR) is 123 cm³/mol. The Morgan fingerprint density at radius 2 is 1.70 bits per heavy atom. The van der Waals surface area contributed by atoms with Gasteiger partial charge >= 0.3 is 12.4 Å². The lowest BCUT2D eigenvalue weighted by Crippen LogP contribution is -2.53. The van der Waals surface area contributed by atoms with Crippen molar-refractivity contribution in [1.29, 1.82) is 0 Å². The molecule has 0 saturated heterocycles. The molecule has 4 rings (SSSR count). The van der Waals surface area contributed by atoms with Gasteiger partial charge in [0.05, 0.1) is 27.4 Å². The van der Waals surface area contributed by atoms with Crippen LogP contribution in [-0.4, -0.2) is 52.5 Å². The van der Waals surface area contributed by atoms with Gasteiger partial charge in [0, 0.05) is 17.8 Å². The maximum absolute atomic E-state index is 13.4. The van der Waals surface area contributed by atoms with Crippen LogP contribution < -0.4 is 4.72 Å². The zero-order valence-corrected chi connectivity index (χ0v) is 21.2. The lowest BCUT2D eigenvalue weighted by atomic mass is 9.94. The first-order valence-corrected chi connectivity index (χ1v) is 13.5. The molecule has 3 aromatic rings. The highest BCUT2D eigenvalue weighted by Crippen LogP contribution is 2.52. The average molecular weight is 592 g/mol. The van der Waals surface area contributed by atoms with Crippen LogP contribution in [0.1, 0.15) is 36.3 Å². The molecule has 0 spiro atoms. The number of nitrogens with one attached hydrogen (secondary N) is 1. The molecule has 0 aliphatic heterocycles. The molecule has 0 bridgehead atoms. The van der Waals surface area contributed by atoms with E-state index in [1.807, 2.05) is 0 Å². The van der Waals surface area contributed by atoms with Crippen LogP contribution in [0.25, 0.3) is 16.2 Å². The number of hydrogen-bond donors (Lipinski definition) is 3. The number of halogens is 7. The highest BCUT2D eigenvalue weighted by atomic mass is 35.5. The molecule has 1 saturated carbocycles. The number of fused-ring (bicyclic) bond motifs is 1. The second-order valence-corrected chi connectivity index (χ2v) is 11.9. The molecule has 1 fully saturated rings. The molecule has 0 atom stereocenters. The number of alkyl halides is 6. The van der Waals surface area contributed by atoms with E-state index in [-0.39, 0.29) is 43.2 Å². The Morgan fingerprint density at radius 3 is 2.27 bits per heavy atom. The first kappa shape index (κ1) is 28.1. The van der Waals surface area contributed by atoms with Gasteiger partial charge in [-0.2, -0.15) is 26.3 Å². The van der Waals surface area contributed by atoms with Gasteiger partial charge in [-0.3, -0.25) is 4.40 Å². The molecular weight excluding hydrogens is 572 g/mol. The Kier molecular flexibility index (Phi) is 7.12. The van der Waals surface area contributed by atoms with E-state index in [0.717, 1.165) is 10.5 Å². The topological polar surface area (TPSA) is 104 Å². The molecule has 1 aromatic carbocycles. The highest BCUT2D eigenvalue weighted by Gasteiger charge is 2.72. The van der Waals surface area contributed by atoms with Gasteiger partial charge in [-0.05, 0) is 44.7 Å². The van der Waals surface area contributed by atoms with E-state index in [1.165, 1.54) is 19.1 Å². The number of nitrogens with zero attached hydrogens (tertiary/aromatic N) is 2. The molecule has 1 aliphatic rings. The maximum Gasteiger partial charge on any atom is 0.431 e. The van der Waals surface area contributed by atoms with E-state index in [0.29, 0.717) is 31.9 Å². The van der Waals surface area contributed by atoms with Crippen molar-refractivity contribution < 1.29 is 45.0 Å². The average Bonchev–Trinajstić information content (AvgIpc) is 3.30. The van der Waals surface area contributed by atoms with Gasteiger partial charge in [-0.1, -0.05) is 29.0 Å². The summed E-state index contributed by atoms with van der Waals surface area (Å²) in [4.78, 5) is 1.96. The molecule has 3 N–H and O–H groups in total. The molecule has 7 nitrogen and oxygen atoms in total. The fraction of sp³-hybridized carbons (Fsp3) is 0.476. The number of thiazole rings is 1. The van der Waals surface area contributed by atoms with E-state index in [2.05, 4.69) is 9.71 Å². The number of aliphatic hydroxyl groups excluding tert-OH is 1. The van der Waals surface area contributed by atoms with E-state index in [4.69, 9.17) is 11.6 Å². The minimum absolute atomic E-state index is 0.00873. The van der Waals surface area contributed by atoms with Crippen molar-refractivity contribution in [3.63, 3.8) is 0 Å². The van der Waals surface area contributed by atoms with Crippen LogP contribution >= 0.6 is 22.9 Å². The lowest BCUT2D eigenvalue weighted by Gasteiger charge is -2.30. The smallest absolute Gasteiger partial charge is 0.393 e. The van der Waals surface area contributed by atoms with Gasteiger partial charge < -0.3 is 10.2 Å². The molecule has 16 heteroatoms. The Morgan fingerprint density at radius 1 is 1.11 bits per heavy atom. The summed E-state index contributed by atoms with van der Waals surface area (Å²) in [6, 6.07) is 3.30. The summed E-state index contributed by atoms with van der Waals surface area (Å²) in [7, 11) is -4.17. The molecule has 37 heavy (non-hydrogen) atoms. The second kappa shape index (κ2) is 9.38. The summed E-state index contributed by atoms with van der Waals surface area (Å²) in [6.45, 7) is 1.45. The van der Waals surface area contributed by atoms with E-state index < -0.39 is 45.0 Å². The summed E-state index contributed by atoms with van der Waals surface area (Å²) >= 11 is 6.15. The fourth-order valence-corrected chi connectivity index (χ4v) is 7.23. The van der Waals surface area contributed by atoms with Gasteiger partial charge in [-0.15, -0.1) is 0 Å². The van der Waals surface area contributed by atoms with Crippen LogP contribution in [0, 0.1) is 6.92 Å². The van der Waals surface area contributed by atoms with Crippen molar-refractivity contribution in [3.8, 4) is 11.3 Å². The Balaban J connectivity index is 1.78. The molecule has 2 heterocycles. The monoisotopic (exact) mass is 591 g/mol. The Labute approximate surface area is 215 Å². The van der Waals surface area contributed by atoms with Crippen molar-refractivity contribution in [2.75, 3.05) is 0 Å². The van der Waals surface area contributed by atoms with E-state index >= 15 is 0 Å². The van der Waals surface area contributed by atoms with Gasteiger partial charge in [0.15, 0.2) is 4.96 Å². The summed E-state index contributed by atoms with van der Waals surface area (Å²) in [6.07, 6.45) is -10.5. The van der Waals surface area contributed by atoms with Crippen molar-refractivity contribution in [3.05, 3.63) is 40.0 Å². The first-order valence-electron chi connectivity index (χ1n) is 10.8.